The average Bonchev–Trinajstić information content (AvgIpc) is 2.51. The van der Waals surface area contributed by atoms with Crippen LogP contribution in [-0.4, -0.2) is 24.0 Å². The summed E-state index contributed by atoms with van der Waals surface area (Å²) in [5, 5.41) is 3.46. The largest absolute Gasteiger partial charge is 0.492 e. The zero-order chi connectivity index (χ0) is 15.1. The second-order valence-electron chi connectivity index (χ2n) is 4.44. The minimum absolute atomic E-state index is 0.102. The lowest BCUT2D eigenvalue weighted by Gasteiger charge is -2.08. The van der Waals surface area contributed by atoms with Crippen molar-refractivity contribution in [2.45, 2.75) is 13.3 Å². The van der Waals surface area contributed by atoms with Crippen molar-refractivity contribution in [2.24, 2.45) is 0 Å². The summed E-state index contributed by atoms with van der Waals surface area (Å²) in [5.41, 5.74) is 1.66. The Balaban J connectivity index is 1.86. The quantitative estimate of drug-likeness (QED) is 0.892. The van der Waals surface area contributed by atoms with Crippen molar-refractivity contribution in [3.63, 3.8) is 0 Å². The van der Waals surface area contributed by atoms with E-state index in [1.54, 1.807) is 24.5 Å². The van der Waals surface area contributed by atoms with Gasteiger partial charge in [0.15, 0.2) is 0 Å². The van der Waals surface area contributed by atoms with Gasteiger partial charge in [-0.2, -0.15) is 0 Å². The zero-order valence-electron chi connectivity index (χ0n) is 11.8. The van der Waals surface area contributed by atoms with E-state index in [1.807, 2.05) is 25.1 Å². The molecule has 0 aliphatic rings. The molecule has 0 aliphatic carbocycles. The lowest BCUT2D eigenvalue weighted by Crippen LogP contribution is -2.25. The first-order valence-corrected chi connectivity index (χ1v) is 7.18. The molecule has 5 heteroatoms. The van der Waals surface area contributed by atoms with Crippen LogP contribution in [0.5, 0.6) is 5.75 Å². The van der Waals surface area contributed by atoms with Gasteiger partial charge in [-0.1, -0.05) is 17.7 Å². The molecule has 1 aromatic carbocycles. The Morgan fingerprint density at radius 3 is 2.71 bits per heavy atom. The van der Waals surface area contributed by atoms with Crippen LogP contribution in [0.1, 0.15) is 22.8 Å². The van der Waals surface area contributed by atoms with E-state index in [4.69, 9.17) is 16.3 Å². The number of pyridine rings is 1. The lowest BCUT2D eigenvalue weighted by molar-refractivity contribution is 0.0954. The molecule has 0 spiro atoms. The Labute approximate surface area is 129 Å². The van der Waals surface area contributed by atoms with Gasteiger partial charge in [-0.25, -0.2) is 0 Å². The number of halogens is 1. The molecule has 0 atom stereocenters. The minimum Gasteiger partial charge on any atom is -0.492 e. The zero-order valence-corrected chi connectivity index (χ0v) is 12.6. The van der Waals surface area contributed by atoms with Crippen molar-refractivity contribution in [2.75, 3.05) is 13.2 Å². The molecule has 0 saturated heterocycles. The number of hydrogen-bond acceptors (Lipinski definition) is 3. The number of ether oxygens (including phenoxy) is 1. The smallest absolute Gasteiger partial charge is 0.251 e. The highest BCUT2D eigenvalue weighted by atomic mass is 35.5. The minimum atomic E-state index is -0.102. The Morgan fingerprint density at radius 2 is 2.05 bits per heavy atom. The fourth-order valence-electron chi connectivity index (χ4n) is 1.90. The van der Waals surface area contributed by atoms with E-state index in [0.717, 1.165) is 5.56 Å². The molecule has 2 rings (SSSR count). The fraction of sp³-hybridized carbons (Fsp3) is 0.250. The topological polar surface area (TPSA) is 51.2 Å². The maximum Gasteiger partial charge on any atom is 0.251 e. The maximum atomic E-state index is 11.9. The summed E-state index contributed by atoms with van der Waals surface area (Å²) in [4.78, 5) is 15.7. The summed E-state index contributed by atoms with van der Waals surface area (Å²) in [6.45, 7) is 3.05. The van der Waals surface area contributed by atoms with Gasteiger partial charge in [-0.05, 0) is 43.2 Å². The van der Waals surface area contributed by atoms with Crippen molar-refractivity contribution in [3.05, 3.63) is 58.9 Å². The Kier molecular flexibility index (Phi) is 5.58. The van der Waals surface area contributed by atoms with Gasteiger partial charge in [-0.15, -0.1) is 0 Å². The third kappa shape index (κ3) is 4.46. The molecule has 0 saturated carbocycles. The van der Waals surface area contributed by atoms with Crippen molar-refractivity contribution in [3.8, 4) is 5.75 Å². The van der Waals surface area contributed by atoms with Crippen molar-refractivity contribution < 1.29 is 9.53 Å². The summed E-state index contributed by atoms with van der Waals surface area (Å²) in [6, 6.07) is 9.04. The van der Waals surface area contributed by atoms with Gasteiger partial charge in [0.2, 0.25) is 0 Å². The molecule has 0 aliphatic heterocycles. The first-order chi connectivity index (χ1) is 10.2. The van der Waals surface area contributed by atoms with Gasteiger partial charge < -0.3 is 10.1 Å². The van der Waals surface area contributed by atoms with Gasteiger partial charge in [0.25, 0.3) is 5.91 Å². The number of carbonyl (C=O) groups is 1. The Hall–Kier alpha value is -2.07. The van der Waals surface area contributed by atoms with Crippen LogP contribution in [-0.2, 0) is 6.42 Å². The number of carbonyl (C=O) groups excluding carboxylic acids is 1. The van der Waals surface area contributed by atoms with Gasteiger partial charge in [0.05, 0.1) is 11.6 Å². The second kappa shape index (κ2) is 7.64. The highest BCUT2D eigenvalue weighted by molar-refractivity contribution is 6.32. The Morgan fingerprint density at radius 1 is 1.29 bits per heavy atom. The van der Waals surface area contributed by atoms with E-state index in [-0.39, 0.29) is 5.91 Å². The Bertz CT molecular complexity index is 602. The molecule has 2 aromatic rings. The van der Waals surface area contributed by atoms with Crippen LogP contribution in [0.2, 0.25) is 5.02 Å². The van der Waals surface area contributed by atoms with Crippen molar-refractivity contribution in [1.82, 2.24) is 10.3 Å². The van der Waals surface area contributed by atoms with Gasteiger partial charge in [0, 0.05) is 24.5 Å². The van der Waals surface area contributed by atoms with Gasteiger partial charge in [0.1, 0.15) is 5.75 Å². The predicted octanol–water partition coefficient (Wildman–Crippen LogP) is 3.11. The molecule has 0 unspecified atom stereocenters. The summed E-state index contributed by atoms with van der Waals surface area (Å²) in [5.74, 6) is 0.582. The normalized spacial score (nSPS) is 10.2. The molecule has 0 fully saturated rings. The standard InChI is InChI=1S/C16H17ClN2O2/c1-2-21-15-4-3-12(11-14(15)17)5-10-19-16(20)13-6-8-18-9-7-13/h3-4,6-9,11H,2,5,10H2,1H3,(H,19,20). The van der Waals surface area contributed by atoms with Crippen LogP contribution < -0.4 is 10.1 Å². The first kappa shape index (κ1) is 15.3. The monoisotopic (exact) mass is 304 g/mol. The van der Waals surface area contributed by atoms with Crippen molar-refractivity contribution in [1.29, 1.82) is 0 Å². The second-order valence-corrected chi connectivity index (χ2v) is 4.85. The molecular formula is C16H17ClN2O2. The van der Waals surface area contributed by atoms with E-state index in [1.165, 1.54) is 0 Å². The SMILES string of the molecule is CCOc1ccc(CCNC(=O)c2ccncc2)cc1Cl. The van der Waals surface area contributed by atoms with Gasteiger partial charge in [-0.3, -0.25) is 9.78 Å². The molecule has 21 heavy (non-hydrogen) atoms. The summed E-state index contributed by atoms with van der Waals surface area (Å²) < 4.78 is 5.38. The first-order valence-electron chi connectivity index (χ1n) is 6.80. The third-order valence-electron chi connectivity index (χ3n) is 2.94. The number of rotatable bonds is 6. The van der Waals surface area contributed by atoms with E-state index >= 15 is 0 Å². The molecule has 1 aromatic heterocycles. The third-order valence-corrected chi connectivity index (χ3v) is 3.23. The van der Waals surface area contributed by atoms with Crippen LogP contribution in [0, 0.1) is 0 Å². The molecular weight excluding hydrogens is 288 g/mol. The van der Waals surface area contributed by atoms with Crippen LogP contribution in [0.25, 0.3) is 0 Å². The maximum absolute atomic E-state index is 11.9. The highest BCUT2D eigenvalue weighted by Gasteiger charge is 2.05. The lowest BCUT2D eigenvalue weighted by atomic mass is 10.1. The fourth-order valence-corrected chi connectivity index (χ4v) is 2.16. The molecule has 1 heterocycles. The molecule has 110 valence electrons. The summed E-state index contributed by atoms with van der Waals surface area (Å²) in [7, 11) is 0. The van der Waals surface area contributed by atoms with E-state index in [2.05, 4.69) is 10.3 Å². The summed E-state index contributed by atoms with van der Waals surface area (Å²) >= 11 is 6.13. The van der Waals surface area contributed by atoms with Crippen LogP contribution in [0.15, 0.2) is 42.7 Å². The van der Waals surface area contributed by atoms with E-state index in [0.29, 0.717) is 35.9 Å². The number of nitrogens with one attached hydrogen (secondary N) is 1. The molecule has 1 N–H and O–H groups in total. The number of nitrogens with zero attached hydrogens (tertiary/aromatic N) is 1. The molecule has 0 bridgehead atoms. The number of aromatic nitrogens is 1. The van der Waals surface area contributed by atoms with Crippen LogP contribution in [0.4, 0.5) is 0 Å². The van der Waals surface area contributed by atoms with Gasteiger partial charge >= 0.3 is 0 Å². The van der Waals surface area contributed by atoms with Crippen LogP contribution >= 0.6 is 11.6 Å². The molecule has 0 radical (unpaired) electrons. The molecule has 1 amide bonds. The number of benzene rings is 1. The molecule has 4 nitrogen and oxygen atoms in total. The van der Waals surface area contributed by atoms with E-state index < -0.39 is 0 Å². The van der Waals surface area contributed by atoms with Crippen LogP contribution in [0.3, 0.4) is 0 Å². The highest BCUT2D eigenvalue weighted by Crippen LogP contribution is 2.25. The number of hydrogen-bond donors (Lipinski definition) is 1. The van der Waals surface area contributed by atoms with E-state index in [9.17, 15) is 4.79 Å². The average molecular weight is 305 g/mol. The predicted molar refractivity (Wildman–Crippen MR) is 82.9 cm³/mol. The summed E-state index contributed by atoms with van der Waals surface area (Å²) in [6.07, 6.45) is 3.91. The van der Waals surface area contributed by atoms with Crippen molar-refractivity contribution >= 4 is 17.5 Å². The number of amides is 1.